The first kappa shape index (κ1) is 18.8. The summed E-state index contributed by atoms with van der Waals surface area (Å²) in [7, 11) is 0. The van der Waals surface area contributed by atoms with Crippen LogP contribution in [0.2, 0.25) is 0 Å². The average molecular weight is 403 g/mol. The molecule has 4 heteroatoms. The second-order valence-electron chi connectivity index (χ2n) is 7.07. The lowest BCUT2D eigenvalue weighted by Crippen LogP contribution is -2.01. The molecule has 0 fully saturated rings. The van der Waals surface area contributed by atoms with Crippen molar-refractivity contribution in [1.82, 2.24) is 15.0 Å². The molecule has 4 aromatic carbocycles. The number of rotatable bonds is 4. The van der Waals surface area contributed by atoms with Gasteiger partial charge < -0.3 is 0 Å². The Morgan fingerprint density at radius 3 is 1.39 bits per heavy atom. The number of hydrogen-bond donors (Lipinski definition) is 0. The molecule has 0 saturated carbocycles. The summed E-state index contributed by atoms with van der Waals surface area (Å²) in [5.41, 5.74) is 3.64. The van der Waals surface area contributed by atoms with Crippen LogP contribution in [0, 0.1) is 5.82 Å². The predicted molar refractivity (Wildman–Crippen MR) is 122 cm³/mol. The van der Waals surface area contributed by atoms with Gasteiger partial charge in [0.25, 0.3) is 0 Å². The second kappa shape index (κ2) is 8.28. The lowest BCUT2D eigenvalue weighted by Gasteiger charge is -2.12. The van der Waals surface area contributed by atoms with Crippen LogP contribution in [0.15, 0.2) is 109 Å². The molecule has 0 bridgehead atoms. The SMILES string of the molecule is Fc1cccc(-c2nc(-c3ccccc3)nc(-c3ccccc3)n2)c1-c1ccccc1. The highest BCUT2D eigenvalue weighted by molar-refractivity contribution is 5.82. The van der Waals surface area contributed by atoms with Gasteiger partial charge in [-0.05, 0) is 11.6 Å². The Labute approximate surface area is 179 Å². The number of nitrogens with zero attached hydrogens (tertiary/aromatic N) is 3. The predicted octanol–water partition coefficient (Wildman–Crippen LogP) is 6.68. The van der Waals surface area contributed by atoms with Crippen molar-refractivity contribution < 1.29 is 4.39 Å². The molecule has 0 aliphatic carbocycles. The maximum atomic E-state index is 15.0. The molecule has 1 heterocycles. The van der Waals surface area contributed by atoms with E-state index in [0.717, 1.165) is 16.7 Å². The number of halogens is 1. The molecule has 0 amide bonds. The molecule has 5 aromatic rings. The van der Waals surface area contributed by atoms with Gasteiger partial charge in [0, 0.05) is 22.3 Å². The lowest BCUT2D eigenvalue weighted by atomic mass is 9.98. The van der Waals surface area contributed by atoms with Crippen LogP contribution in [0.5, 0.6) is 0 Å². The van der Waals surface area contributed by atoms with Crippen LogP contribution in [-0.2, 0) is 0 Å². The smallest absolute Gasteiger partial charge is 0.164 e. The first-order valence-electron chi connectivity index (χ1n) is 10.0. The maximum absolute atomic E-state index is 15.0. The van der Waals surface area contributed by atoms with Crippen molar-refractivity contribution in [3.8, 4) is 45.3 Å². The third kappa shape index (κ3) is 3.83. The lowest BCUT2D eigenvalue weighted by molar-refractivity contribution is 0.631. The van der Waals surface area contributed by atoms with Crippen molar-refractivity contribution in [1.29, 1.82) is 0 Å². The molecule has 0 unspecified atom stereocenters. The van der Waals surface area contributed by atoms with E-state index in [-0.39, 0.29) is 5.82 Å². The highest BCUT2D eigenvalue weighted by Crippen LogP contribution is 2.34. The normalized spacial score (nSPS) is 10.7. The van der Waals surface area contributed by atoms with Crippen molar-refractivity contribution in [2.45, 2.75) is 0 Å². The topological polar surface area (TPSA) is 38.7 Å². The minimum atomic E-state index is -0.313. The van der Waals surface area contributed by atoms with Gasteiger partial charge in [-0.1, -0.05) is 103 Å². The Hall–Kier alpha value is -4.18. The molecule has 0 radical (unpaired) electrons. The molecule has 3 nitrogen and oxygen atoms in total. The van der Waals surface area contributed by atoms with E-state index in [1.165, 1.54) is 6.07 Å². The van der Waals surface area contributed by atoms with E-state index >= 15 is 0 Å². The quantitative estimate of drug-likeness (QED) is 0.336. The van der Waals surface area contributed by atoms with Crippen molar-refractivity contribution in [3.05, 3.63) is 115 Å². The van der Waals surface area contributed by atoms with Gasteiger partial charge >= 0.3 is 0 Å². The maximum Gasteiger partial charge on any atom is 0.164 e. The van der Waals surface area contributed by atoms with Crippen molar-refractivity contribution >= 4 is 0 Å². The third-order valence-electron chi connectivity index (χ3n) is 5.02. The molecule has 148 valence electrons. The number of benzene rings is 4. The number of hydrogen-bond acceptors (Lipinski definition) is 3. The van der Waals surface area contributed by atoms with Gasteiger partial charge in [0.1, 0.15) is 5.82 Å². The highest BCUT2D eigenvalue weighted by Gasteiger charge is 2.17. The summed E-state index contributed by atoms with van der Waals surface area (Å²) in [4.78, 5) is 14.2. The van der Waals surface area contributed by atoms with Crippen LogP contribution in [0.1, 0.15) is 0 Å². The molecule has 0 aliphatic heterocycles. The van der Waals surface area contributed by atoms with Gasteiger partial charge in [0.05, 0.1) is 0 Å². The second-order valence-corrected chi connectivity index (χ2v) is 7.07. The summed E-state index contributed by atoms with van der Waals surface area (Å²) >= 11 is 0. The fraction of sp³-hybridized carbons (Fsp3) is 0. The van der Waals surface area contributed by atoms with Crippen LogP contribution in [0.4, 0.5) is 4.39 Å². The highest BCUT2D eigenvalue weighted by atomic mass is 19.1. The van der Waals surface area contributed by atoms with E-state index in [4.69, 9.17) is 15.0 Å². The molecule has 31 heavy (non-hydrogen) atoms. The Morgan fingerprint density at radius 1 is 0.419 bits per heavy atom. The van der Waals surface area contributed by atoms with E-state index in [1.54, 1.807) is 6.07 Å². The van der Waals surface area contributed by atoms with Crippen molar-refractivity contribution in [2.24, 2.45) is 0 Å². The van der Waals surface area contributed by atoms with E-state index < -0.39 is 0 Å². The van der Waals surface area contributed by atoms with Crippen molar-refractivity contribution in [2.75, 3.05) is 0 Å². The summed E-state index contributed by atoms with van der Waals surface area (Å²) in [5.74, 6) is 1.22. The molecule has 0 N–H and O–H groups in total. The number of aromatic nitrogens is 3. The first-order valence-corrected chi connectivity index (χ1v) is 10.0. The average Bonchev–Trinajstić information content (AvgIpc) is 2.85. The zero-order valence-electron chi connectivity index (χ0n) is 16.6. The summed E-state index contributed by atoms with van der Waals surface area (Å²) in [6.07, 6.45) is 0. The van der Waals surface area contributed by atoms with E-state index in [0.29, 0.717) is 28.6 Å². The standard InChI is InChI=1S/C27H18FN3/c28-23-18-10-17-22(24(23)19-11-4-1-5-12-19)27-30-25(20-13-6-2-7-14-20)29-26(31-27)21-15-8-3-9-16-21/h1-18H. The van der Waals surface area contributed by atoms with E-state index in [1.807, 2.05) is 97.1 Å². The van der Waals surface area contributed by atoms with Gasteiger partial charge in [-0.3, -0.25) is 0 Å². The Kier molecular flexibility index (Phi) is 5.03. The summed E-state index contributed by atoms with van der Waals surface area (Å²) in [6, 6.07) is 34.0. The fourth-order valence-electron chi connectivity index (χ4n) is 3.54. The zero-order chi connectivity index (χ0) is 21.0. The van der Waals surface area contributed by atoms with Gasteiger partial charge in [0.2, 0.25) is 0 Å². The minimum absolute atomic E-state index is 0.313. The minimum Gasteiger partial charge on any atom is -0.208 e. The molecule has 5 rings (SSSR count). The van der Waals surface area contributed by atoms with Crippen LogP contribution in [0.3, 0.4) is 0 Å². The Bertz CT molecular complexity index is 1260. The van der Waals surface area contributed by atoms with Gasteiger partial charge in [-0.25, -0.2) is 19.3 Å². The summed E-state index contributed by atoms with van der Waals surface area (Å²) < 4.78 is 15.0. The van der Waals surface area contributed by atoms with Gasteiger partial charge in [-0.15, -0.1) is 0 Å². The van der Waals surface area contributed by atoms with Crippen molar-refractivity contribution in [3.63, 3.8) is 0 Å². The van der Waals surface area contributed by atoms with Crippen LogP contribution < -0.4 is 0 Å². The Balaban J connectivity index is 1.77. The van der Waals surface area contributed by atoms with Gasteiger partial charge in [-0.2, -0.15) is 0 Å². The van der Waals surface area contributed by atoms with Crippen LogP contribution in [0.25, 0.3) is 45.3 Å². The zero-order valence-corrected chi connectivity index (χ0v) is 16.6. The molecule has 1 aromatic heterocycles. The molecular formula is C27H18FN3. The van der Waals surface area contributed by atoms with E-state index in [2.05, 4.69) is 0 Å². The molecule has 0 spiro atoms. The largest absolute Gasteiger partial charge is 0.208 e. The summed E-state index contributed by atoms with van der Waals surface area (Å²) in [6.45, 7) is 0. The molecule has 0 saturated heterocycles. The first-order chi connectivity index (χ1) is 15.3. The van der Waals surface area contributed by atoms with Crippen LogP contribution >= 0.6 is 0 Å². The van der Waals surface area contributed by atoms with Crippen LogP contribution in [-0.4, -0.2) is 15.0 Å². The molecule has 0 aliphatic rings. The molecular weight excluding hydrogens is 385 g/mol. The third-order valence-corrected chi connectivity index (χ3v) is 5.02. The summed E-state index contributed by atoms with van der Waals surface area (Å²) in [5, 5.41) is 0. The Morgan fingerprint density at radius 2 is 0.871 bits per heavy atom. The van der Waals surface area contributed by atoms with Gasteiger partial charge in [0.15, 0.2) is 17.5 Å². The fourth-order valence-corrected chi connectivity index (χ4v) is 3.54. The molecule has 0 atom stereocenters. The monoisotopic (exact) mass is 403 g/mol. The van der Waals surface area contributed by atoms with E-state index in [9.17, 15) is 4.39 Å².